The molecular formula is C20H29ClN2O4. The lowest BCUT2D eigenvalue weighted by molar-refractivity contribution is -0.0230. The van der Waals surface area contributed by atoms with Gasteiger partial charge in [0.1, 0.15) is 16.7 Å². The molecule has 0 aromatic heterocycles. The Labute approximate surface area is 166 Å². The summed E-state index contributed by atoms with van der Waals surface area (Å²) in [6, 6.07) is 5.58. The van der Waals surface area contributed by atoms with Gasteiger partial charge < -0.3 is 19.7 Å². The monoisotopic (exact) mass is 396 g/mol. The highest BCUT2D eigenvalue weighted by Gasteiger charge is 2.49. The SMILES string of the molecule is Cc1cc(C2(NC(=O)OC(C)(C)C)CN(C(=O)OC(C)(C)C)C2)ccc1Cl. The van der Waals surface area contributed by atoms with Crippen LogP contribution in [0.25, 0.3) is 0 Å². The van der Waals surface area contributed by atoms with Crippen molar-refractivity contribution >= 4 is 23.8 Å². The largest absolute Gasteiger partial charge is 0.444 e. The van der Waals surface area contributed by atoms with Crippen LogP contribution in [0.4, 0.5) is 9.59 Å². The summed E-state index contributed by atoms with van der Waals surface area (Å²) >= 11 is 6.14. The van der Waals surface area contributed by atoms with E-state index in [0.717, 1.165) is 11.1 Å². The van der Waals surface area contributed by atoms with E-state index in [1.54, 1.807) is 31.7 Å². The average Bonchev–Trinajstić information content (AvgIpc) is 2.41. The molecule has 1 heterocycles. The van der Waals surface area contributed by atoms with E-state index in [0.29, 0.717) is 18.1 Å². The number of benzene rings is 1. The number of hydrogen-bond donors (Lipinski definition) is 1. The van der Waals surface area contributed by atoms with E-state index in [9.17, 15) is 9.59 Å². The van der Waals surface area contributed by atoms with Crippen LogP contribution in [-0.4, -0.2) is 41.4 Å². The Balaban J connectivity index is 2.22. The molecule has 1 saturated heterocycles. The first-order valence-electron chi connectivity index (χ1n) is 8.96. The molecule has 1 aliphatic rings. The van der Waals surface area contributed by atoms with Crippen LogP contribution in [0.2, 0.25) is 5.02 Å². The molecule has 1 aromatic rings. The zero-order valence-electron chi connectivity index (χ0n) is 17.1. The molecule has 0 spiro atoms. The fourth-order valence-electron chi connectivity index (χ4n) is 2.84. The normalized spacial score (nSPS) is 16.4. The van der Waals surface area contributed by atoms with Crippen molar-refractivity contribution in [2.45, 2.75) is 65.2 Å². The minimum atomic E-state index is -0.741. The molecule has 0 radical (unpaired) electrons. The standard InChI is InChI=1S/C20H29ClN2O4/c1-13-10-14(8-9-15(13)21)20(22-16(24)26-18(2,3)4)11-23(12-20)17(25)27-19(5,6)7/h8-10H,11-12H2,1-7H3,(H,22,24). The van der Waals surface area contributed by atoms with Gasteiger partial charge in [-0.3, -0.25) is 0 Å². The van der Waals surface area contributed by atoms with E-state index >= 15 is 0 Å². The number of halogens is 1. The second-order valence-corrected chi connectivity index (χ2v) is 9.42. The summed E-state index contributed by atoms with van der Waals surface area (Å²) < 4.78 is 10.8. The van der Waals surface area contributed by atoms with Gasteiger partial charge in [0.05, 0.1) is 13.1 Å². The van der Waals surface area contributed by atoms with Gasteiger partial charge in [0.25, 0.3) is 0 Å². The van der Waals surface area contributed by atoms with Gasteiger partial charge in [0.15, 0.2) is 0 Å². The first kappa shape index (κ1) is 21.4. The predicted molar refractivity (Wildman–Crippen MR) is 105 cm³/mol. The molecule has 1 N–H and O–H groups in total. The molecule has 0 saturated carbocycles. The third-order valence-electron chi connectivity index (χ3n) is 4.02. The van der Waals surface area contributed by atoms with Gasteiger partial charge in [0.2, 0.25) is 0 Å². The topological polar surface area (TPSA) is 67.9 Å². The molecule has 27 heavy (non-hydrogen) atoms. The van der Waals surface area contributed by atoms with Crippen molar-refractivity contribution in [2.75, 3.05) is 13.1 Å². The van der Waals surface area contributed by atoms with Crippen LogP contribution in [0.3, 0.4) is 0 Å². The Hall–Kier alpha value is -1.95. The second-order valence-electron chi connectivity index (χ2n) is 9.01. The van der Waals surface area contributed by atoms with Crippen LogP contribution >= 0.6 is 11.6 Å². The summed E-state index contributed by atoms with van der Waals surface area (Å²) in [5.41, 5.74) is -0.167. The smallest absolute Gasteiger partial charge is 0.410 e. The minimum Gasteiger partial charge on any atom is -0.444 e. The zero-order valence-corrected chi connectivity index (χ0v) is 17.9. The van der Waals surface area contributed by atoms with Crippen LogP contribution in [0.1, 0.15) is 52.7 Å². The lowest BCUT2D eigenvalue weighted by Crippen LogP contribution is -2.69. The maximum Gasteiger partial charge on any atom is 0.410 e. The highest BCUT2D eigenvalue weighted by molar-refractivity contribution is 6.31. The molecule has 2 amide bonds. The maximum absolute atomic E-state index is 12.4. The Morgan fingerprint density at radius 2 is 1.63 bits per heavy atom. The lowest BCUT2D eigenvalue weighted by atomic mass is 9.82. The molecular weight excluding hydrogens is 368 g/mol. The van der Waals surface area contributed by atoms with E-state index < -0.39 is 28.9 Å². The highest BCUT2D eigenvalue weighted by Crippen LogP contribution is 2.35. The molecule has 0 bridgehead atoms. The number of hydrogen-bond acceptors (Lipinski definition) is 4. The highest BCUT2D eigenvalue weighted by atomic mass is 35.5. The first-order valence-corrected chi connectivity index (χ1v) is 9.34. The number of aryl methyl sites for hydroxylation is 1. The van der Waals surface area contributed by atoms with Gasteiger partial charge in [0, 0.05) is 5.02 Å². The van der Waals surface area contributed by atoms with Gasteiger partial charge in [-0.05, 0) is 65.7 Å². The summed E-state index contributed by atoms with van der Waals surface area (Å²) in [5, 5.41) is 3.59. The summed E-state index contributed by atoms with van der Waals surface area (Å²) in [6.45, 7) is 13.4. The summed E-state index contributed by atoms with van der Waals surface area (Å²) in [6.07, 6.45) is -0.936. The van der Waals surface area contributed by atoms with Crippen LogP contribution in [-0.2, 0) is 15.0 Å². The second kappa shape index (κ2) is 7.23. The van der Waals surface area contributed by atoms with Crippen molar-refractivity contribution in [2.24, 2.45) is 0 Å². The molecule has 1 aliphatic heterocycles. The van der Waals surface area contributed by atoms with Gasteiger partial charge >= 0.3 is 12.2 Å². The molecule has 6 nitrogen and oxygen atoms in total. The Bertz CT molecular complexity index is 728. The van der Waals surface area contributed by atoms with Gasteiger partial charge in [-0.1, -0.05) is 23.7 Å². The summed E-state index contributed by atoms with van der Waals surface area (Å²) in [5.74, 6) is 0. The maximum atomic E-state index is 12.4. The third kappa shape index (κ3) is 5.51. The van der Waals surface area contributed by atoms with Gasteiger partial charge in [-0.25, -0.2) is 9.59 Å². The number of nitrogens with one attached hydrogen (secondary N) is 1. The number of ether oxygens (including phenoxy) is 2. The summed E-state index contributed by atoms with van der Waals surface area (Å²) in [7, 11) is 0. The van der Waals surface area contributed by atoms with Crippen molar-refractivity contribution in [3.05, 3.63) is 34.3 Å². The Morgan fingerprint density at radius 1 is 1.07 bits per heavy atom. The van der Waals surface area contributed by atoms with E-state index in [1.807, 2.05) is 39.8 Å². The van der Waals surface area contributed by atoms with Crippen molar-refractivity contribution < 1.29 is 19.1 Å². The molecule has 7 heteroatoms. The number of nitrogens with zero attached hydrogens (tertiary/aromatic N) is 1. The van der Waals surface area contributed by atoms with Crippen molar-refractivity contribution in [3.63, 3.8) is 0 Å². The number of amides is 2. The number of carbonyl (C=O) groups excluding carboxylic acids is 2. The molecule has 0 atom stereocenters. The van der Waals surface area contributed by atoms with E-state index in [1.165, 1.54) is 0 Å². The molecule has 150 valence electrons. The van der Waals surface area contributed by atoms with Crippen molar-refractivity contribution in [1.29, 1.82) is 0 Å². The summed E-state index contributed by atoms with van der Waals surface area (Å²) in [4.78, 5) is 26.3. The third-order valence-corrected chi connectivity index (χ3v) is 4.45. The number of rotatable bonds is 2. The van der Waals surface area contributed by atoms with Crippen LogP contribution < -0.4 is 5.32 Å². The quantitative estimate of drug-likeness (QED) is 0.791. The van der Waals surface area contributed by atoms with Crippen LogP contribution in [0.15, 0.2) is 18.2 Å². The average molecular weight is 397 g/mol. The van der Waals surface area contributed by atoms with Crippen molar-refractivity contribution in [3.8, 4) is 0 Å². The molecule has 2 rings (SSSR count). The fraction of sp³-hybridized carbons (Fsp3) is 0.600. The molecule has 1 fully saturated rings. The fourth-order valence-corrected chi connectivity index (χ4v) is 2.95. The molecule has 1 aromatic carbocycles. The van der Waals surface area contributed by atoms with Crippen LogP contribution in [0, 0.1) is 6.92 Å². The number of alkyl carbamates (subject to hydrolysis) is 1. The van der Waals surface area contributed by atoms with Crippen molar-refractivity contribution in [1.82, 2.24) is 10.2 Å². The molecule has 0 unspecified atom stereocenters. The molecule has 0 aliphatic carbocycles. The van der Waals surface area contributed by atoms with E-state index in [4.69, 9.17) is 21.1 Å². The lowest BCUT2D eigenvalue weighted by Gasteiger charge is -2.50. The van der Waals surface area contributed by atoms with E-state index in [2.05, 4.69) is 5.32 Å². The minimum absolute atomic E-state index is 0.294. The van der Waals surface area contributed by atoms with Gasteiger partial charge in [-0.15, -0.1) is 0 Å². The van der Waals surface area contributed by atoms with Gasteiger partial charge in [-0.2, -0.15) is 0 Å². The predicted octanol–water partition coefficient (Wildman–Crippen LogP) is 4.62. The Kier molecular flexibility index (Phi) is 5.71. The van der Waals surface area contributed by atoms with E-state index in [-0.39, 0.29) is 0 Å². The first-order chi connectivity index (χ1) is 12.2. The Morgan fingerprint density at radius 3 is 2.11 bits per heavy atom. The number of likely N-dealkylation sites (tertiary alicyclic amines) is 1. The number of carbonyl (C=O) groups is 2. The van der Waals surface area contributed by atoms with Crippen LogP contribution in [0.5, 0.6) is 0 Å². The zero-order chi connectivity index (χ0) is 20.6.